The smallest absolute Gasteiger partial charge is 0.302 e. The van der Waals surface area contributed by atoms with Crippen LogP contribution >= 0.6 is 0 Å². The largest absolute Gasteiger partial charge is 0.462 e. The third-order valence-corrected chi connectivity index (χ3v) is 10.7. The van der Waals surface area contributed by atoms with E-state index in [0.29, 0.717) is 22.7 Å². The number of hydrogen-bond acceptors (Lipinski definition) is 2. The normalized spacial score (nSPS) is 45.1. The molecule has 0 bridgehead atoms. The molecule has 0 aromatic carbocycles. The van der Waals surface area contributed by atoms with Crippen molar-refractivity contribution in [1.29, 1.82) is 0 Å². The Labute approximate surface area is 188 Å². The van der Waals surface area contributed by atoms with Crippen molar-refractivity contribution in [2.75, 3.05) is 0 Å². The summed E-state index contributed by atoms with van der Waals surface area (Å²) in [4.78, 5) is 12.3. The minimum Gasteiger partial charge on any atom is -0.462 e. The predicted octanol–water partition coefficient (Wildman–Crippen LogP) is 6.51. The van der Waals surface area contributed by atoms with Gasteiger partial charge in [0.05, 0.1) is 0 Å². The van der Waals surface area contributed by atoms with Gasteiger partial charge in [0, 0.05) is 31.8 Å². The predicted molar refractivity (Wildman–Crippen MR) is 126 cm³/mol. The Balaban J connectivity index is 1.66. The van der Waals surface area contributed by atoms with Crippen LogP contribution in [0.25, 0.3) is 6.08 Å². The molecule has 3 saturated carbocycles. The highest BCUT2D eigenvalue weighted by Gasteiger charge is 2.67. The van der Waals surface area contributed by atoms with Gasteiger partial charge >= 0.3 is 5.97 Å². The summed E-state index contributed by atoms with van der Waals surface area (Å²) in [7, 11) is 2.11. The lowest BCUT2D eigenvalue weighted by atomic mass is 9.36. The number of aryl methyl sites for hydroxylation is 1. The van der Waals surface area contributed by atoms with E-state index in [1.807, 2.05) is 0 Å². The molecule has 3 nitrogen and oxygen atoms in total. The van der Waals surface area contributed by atoms with Gasteiger partial charge in [-0.3, -0.25) is 4.79 Å². The summed E-state index contributed by atoms with van der Waals surface area (Å²) in [5, 5.41) is 0. The number of allylic oxidation sites excluding steroid dienone is 1. The molecule has 0 aliphatic heterocycles. The molecular formula is C28H41NO2. The van der Waals surface area contributed by atoms with Crippen LogP contribution in [0.2, 0.25) is 0 Å². The van der Waals surface area contributed by atoms with Gasteiger partial charge in [0.15, 0.2) is 0 Å². The SMILES string of the molecule is CC(=O)O[C@H]1C[C@@H]2[C@@]3(C)CCCC(C)(C)[C@@H]3CC[C@@]2(C)[C@@H]2C=Cc3cn(C)cc3[C@]12C. The fraction of sp³-hybridized carbons (Fsp3) is 0.750. The first-order chi connectivity index (χ1) is 14.4. The number of carbonyl (C=O) groups excluding carboxylic acids is 1. The number of carbonyl (C=O) groups is 1. The molecule has 0 amide bonds. The third kappa shape index (κ3) is 2.74. The summed E-state index contributed by atoms with van der Waals surface area (Å²) >= 11 is 0. The lowest BCUT2D eigenvalue weighted by Crippen LogP contribution is -2.66. The molecule has 0 N–H and O–H groups in total. The van der Waals surface area contributed by atoms with Gasteiger partial charge in [-0.2, -0.15) is 0 Å². The van der Waals surface area contributed by atoms with E-state index in [2.05, 4.69) is 70.8 Å². The summed E-state index contributed by atoms with van der Waals surface area (Å²) in [5.74, 6) is 1.59. The highest BCUT2D eigenvalue weighted by molar-refractivity contribution is 5.67. The second-order valence-corrected chi connectivity index (χ2v) is 12.7. The van der Waals surface area contributed by atoms with Gasteiger partial charge in [-0.05, 0) is 77.2 Å². The second kappa shape index (κ2) is 6.51. The van der Waals surface area contributed by atoms with Crippen molar-refractivity contribution in [3.63, 3.8) is 0 Å². The van der Waals surface area contributed by atoms with Gasteiger partial charge in [0.25, 0.3) is 0 Å². The lowest BCUT2D eigenvalue weighted by Gasteiger charge is -2.69. The maximum absolute atomic E-state index is 12.3. The first-order valence-corrected chi connectivity index (χ1v) is 12.4. The summed E-state index contributed by atoms with van der Waals surface area (Å²) in [6.45, 7) is 14.1. The molecule has 0 saturated heterocycles. The Bertz CT molecular complexity index is 941. The van der Waals surface area contributed by atoms with Crippen LogP contribution in [0.5, 0.6) is 0 Å². The van der Waals surface area contributed by atoms with Crippen LogP contribution < -0.4 is 0 Å². The Morgan fingerprint density at radius 3 is 2.48 bits per heavy atom. The molecule has 1 aromatic heterocycles. The molecule has 7 atom stereocenters. The van der Waals surface area contributed by atoms with E-state index < -0.39 is 0 Å². The summed E-state index contributed by atoms with van der Waals surface area (Å²) in [6.07, 6.45) is 16.9. The molecule has 1 heterocycles. The van der Waals surface area contributed by atoms with Crippen LogP contribution in [0, 0.1) is 34.0 Å². The standard InChI is InChI=1S/C28H41NO2/c1-18(30)31-24-15-23-26(4)13-8-12-25(2,3)21(26)11-14-27(23,5)22-10-9-19-16-29(7)17-20(19)28(22,24)6/h9-10,16-17,21-24H,8,11-15H2,1-7H3/t21-,22-,23+,24-,26-,27-,28-/m0/s1. The van der Waals surface area contributed by atoms with E-state index in [9.17, 15) is 4.79 Å². The molecule has 4 aliphatic carbocycles. The highest BCUT2D eigenvalue weighted by atomic mass is 16.5. The van der Waals surface area contributed by atoms with Gasteiger partial charge in [-0.1, -0.05) is 53.2 Å². The quantitative estimate of drug-likeness (QED) is 0.482. The van der Waals surface area contributed by atoms with Gasteiger partial charge in [-0.15, -0.1) is 0 Å². The number of hydrogen-bond donors (Lipinski definition) is 0. The molecule has 0 spiro atoms. The maximum Gasteiger partial charge on any atom is 0.302 e. The van der Waals surface area contributed by atoms with Gasteiger partial charge in [0.1, 0.15) is 6.10 Å². The Kier molecular flexibility index (Phi) is 4.48. The zero-order valence-electron chi connectivity index (χ0n) is 20.6. The monoisotopic (exact) mass is 423 g/mol. The van der Waals surface area contributed by atoms with Crippen LogP contribution in [0.15, 0.2) is 18.5 Å². The van der Waals surface area contributed by atoms with Crippen molar-refractivity contribution in [2.24, 2.45) is 41.0 Å². The van der Waals surface area contributed by atoms with E-state index >= 15 is 0 Å². The third-order valence-electron chi connectivity index (χ3n) is 10.7. The number of nitrogens with zero attached hydrogens (tertiary/aromatic N) is 1. The van der Waals surface area contributed by atoms with E-state index in [1.165, 1.54) is 43.2 Å². The Hall–Kier alpha value is -1.51. The van der Waals surface area contributed by atoms with Crippen LogP contribution in [0.1, 0.15) is 91.2 Å². The van der Waals surface area contributed by atoms with Crippen molar-refractivity contribution < 1.29 is 9.53 Å². The Morgan fingerprint density at radius 1 is 1.03 bits per heavy atom. The molecule has 3 heteroatoms. The molecule has 4 aliphatic rings. The molecule has 1 aromatic rings. The molecule has 3 fully saturated rings. The summed E-state index contributed by atoms with van der Waals surface area (Å²) in [6, 6.07) is 0. The van der Waals surface area contributed by atoms with Crippen LogP contribution in [-0.4, -0.2) is 16.6 Å². The maximum atomic E-state index is 12.3. The second-order valence-electron chi connectivity index (χ2n) is 12.7. The summed E-state index contributed by atoms with van der Waals surface area (Å²) in [5.41, 5.74) is 3.44. The topological polar surface area (TPSA) is 31.2 Å². The fourth-order valence-corrected chi connectivity index (χ4v) is 9.46. The number of rotatable bonds is 1. The van der Waals surface area contributed by atoms with Crippen LogP contribution in [0.4, 0.5) is 0 Å². The average molecular weight is 424 g/mol. The van der Waals surface area contributed by atoms with E-state index in [4.69, 9.17) is 4.74 Å². The minimum absolute atomic E-state index is 0.0696. The van der Waals surface area contributed by atoms with Gasteiger partial charge < -0.3 is 9.30 Å². The van der Waals surface area contributed by atoms with Gasteiger partial charge in [0.2, 0.25) is 0 Å². The number of aromatic nitrogens is 1. The first kappa shape index (κ1) is 21.3. The molecule has 170 valence electrons. The van der Waals surface area contributed by atoms with Crippen LogP contribution in [-0.2, 0) is 22.0 Å². The highest BCUT2D eigenvalue weighted by Crippen LogP contribution is 2.72. The number of fused-ring (bicyclic) bond motifs is 7. The zero-order chi connectivity index (χ0) is 22.4. The van der Waals surface area contributed by atoms with Crippen LogP contribution in [0.3, 0.4) is 0 Å². The fourth-order valence-electron chi connectivity index (χ4n) is 9.46. The van der Waals surface area contributed by atoms with E-state index in [0.717, 1.165) is 12.3 Å². The molecular weight excluding hydrogens is 382 g/mol. The molecule has 0 unspecified atom stereocenters. The Morgan fingerprint density at radius 2 is 1.77 bits per heavy atom. The molecule has 5 rings (SSSR count). The number of esters is 1. The molecule has 0 radical (unpaired) electrons. The lowest BCUT2D eigenvalue weighted by molar-refractivity contribution is -0.205. The van der Waals surface area contributed by atoms with E-state index in [1.54, 1.807) is 6.92 Å². The molecule has 31 heavy (non-hydrogen) atoms. The van der Waals surface area contributed by atoms with Crippen molar-refractivity contribution in [3.05, 3.63) is 29.6 Å². The first-order valence-electron chi connectivity index (χ1n) is 12.4. The summed E-state index contributed by atoms with van der Waals surface area (Å²) < 4.78 is 8.39. The van der Waals surface area contributed by atoms with E-state index in [-0.39, 0.29) is 22.9 Å². The van der Waals surface area contributed by atoms with Crippen molar-refractivity contribution in [1.82, 2.24) is 4.57 Å². The van der Waals surface area contributed by atoms with Crippen molar-refractivity contribution in [3.8, 4) is 0 Å². The number of ether oxygens (including phenoxy) is 1. The van der Waals surface area contributed by atoms with Crippen molar-refractivity contribution in [2.45, 2.75) is 91.6 Å². The van der Waals surface area contributed by atoms with Gasteiger partial charge in [-0.25, -0.2) is 0 Å². The van der Waals surface area contributed by atoms with Crippen molar-refractivity contribution >= 4 is 12.0 Å². The average Bonchev–Trinajstić information content (AvgIpc) is 3.04. The minimum atomic E-state index is -0.171. The zero-order valence-corrected chi connectivity index (χ0v) is 20.6.